The van der Waals surface area contributed by atoms with Crippen molar-refractivity contribution in [2.45, 2.75) is 0 Å². The van der Waals surface area contributed by atoms with Crippen LogP contribution in [0.2, 0.25) is 0 Å². The molecule has 0 spiro atoms. The van der Waals surface area contributed by atoms with E-state index in [2.05, 4.69) is 127 Å². The van der Waals surface area contributed by atoms with Crippen molar-refractivity contribution in [1.82, 2.24) is 15.0 Å². The minimum absolute atomic E-state index is 0.627. The topological polar surface area (TPSA) is 51.8 Å². The molecular formula is C43H25N3OS. The number of hydrogen-bond acceptors (Lipinski definition) is 5. The number of para-hydroxylation sites is 1. The SMILES string of the molecule is c1ccc(-c2nc(-c3cc4c5cccc(-c6ccccc6)c5oc4c4ccccc34)nc(-c3cccc4sc5ccccc5c34)n2)cc1. The van der Waals surface area contributed by atoms with Crippen LogP contribution in [0.3, 0.4) is 0 Å². The fourth-order valence-electron chi connectivity index (χ4n) is 6.94. The summed E-state index contributed by atoms with van der Waals surface area (Å²) in [5.74, 6) is 1.92. The molecule has 0 N–H and O–H groups in total. The Morgan fingerprint density at radius 2 is 0.938 bits per heavy atom. The van der Waals surface area contributed by atoms with Crippen molar-refractivity contribution < 1.29 is 4.42 Å². The van der Waals surface area contributed by atoms with E-state index >= 15 is 0 Å². The fraction of sp³-hybridized carbons (Fsp3) is 0. The summed E-state index contributed by atoms with van der Waals surface area (Å²) in [6.07, 6.45) is 0. The number of fused-ring (bicyclic) bond motifs is 8. The number of aromatic nitrogens is 3. The molecular weight excluding hydrogens is 607 g/mol. The van der Waals surface area contributed by atoms with Crippen molar-refractivity contribution in [2.24, 2.45) is 0 Å². The molecule has 3 heterocycles. The second-order valence-corrected chi connectivity index (χ2v) is 13.0. The van der Waals surface area contributed by atoms with Crippen LogP contribution < -0.4 is 0 Å². The first-order chi connectivity index (χ1) is 23.8. The number of rotatable bonds is 4. The van der Waals surface area contributed by atoms with Gasteiger partial charge in [-0.1, -0.05) is 133 Å². The van der Waals surface area contributed by atoms with Crippen molar-refractivity contribution in [1.29, 1.82) is 0 Å². The minimum Gasteiger partial charge on any atom is -0.455 e. The van der Waals surface area contributed by atoms with Gasteiger partial charge in [0.2, 0.25) is 0 Å². The third-order valence-electron chi connectivity index (χ3n) is 9.14. The summed E-state index contributed by atoms with van der Waals surface area (Å²) < 4.78 is 9.21. The highest BCUT2D eigenvalue weighted by Gasteiger charge is 2.21. The zero-order chi connectivity index (χ0) is 31.6. The lowest BCUT2D eigenvalue weighted by atomic mass is 9.98. The first-order valence-corrected chi connectivity index (χ1v) is 16.8. The van der Waals surface area contributed by atoms with Crippen LogP contribution in [0.1, 0.15) is 0 Å². The van der Waals surface area contributed by atoms with Crippen LogP contribution in [0.15, 0.2) is 156 Å². The second-order valence-electron chi connectivity index (χ2n) is 11.9. The molecule has 0 aliphatic rings. The summed E-state index contributed by atoms with van der Waals surface area (Å²) in [5, 5.41) is 6.53. The zero-order valence-electron chi connectivity index (χ0n) is 25.6. The Bertz CT molecular complexity index is 2840. The third-order valence-corrected chi connectivity index (χ3v) is 10.3. The van der Waals surface area contributed by atoms with Crippen LogP contribution in [0.5, 0.6) is 0 Å². The molecule has 4 nitrogen and oxygen atoms in total. The molecule has 0 saturated heterocycles. The van der Waals surface area contributed by atoms with E-state index < -0.39 is 0 Å². The van der Waals surface area contributed by atoms with Crippen LogP contribution in [-0.4, -0.2) is 15.0 Å². The molecule has 0 fully saturated rings. The molecule has 3 aromatic heterocycles. The smallest absolute Gasteiger partial charge is 0.164 e. The Morgan fingerprint density at radius 1 is 0.375 bits per heavy atom. The van der Waals surface area contributed by atoms with Crippen LogP contribution >= 0.6 is 11.3 Å². The lowest BCUT2D eigenvalue weighted by Crippen LogP contribution is -2.01. The number of thiophene rings is 1. The highest BCUT2D eigenvalue weighted by molar-refractivity contribution is 7.25. The van der Waals surface area contributed by atoms with Crippen LogP contribution in [0, 0.1) is 0 Å². The Morgan fingerprint density at radius 3 is 1.75 bits per heavy atom. The van der Waals surface area contributed by atoms with Crippen molar-refractivity contribution in [2.75, 3.05) is 0 Å². The first-order valence-electron chi connectivity index (χ1n) is 15.9. The van der Waals surface area contributed by atoms with E-state index in [1.54, 1.807) is 11.3 Å². The molecule has 224 valence electrons. The molecule has 0 aliphatic carbocycles. The van der Waals surface area contributed by atoms with E-state index in [4.69, 9.17) is 19.4 Å². The van der Waals surface area contributed by atoms with E-state index in [0.29, 0.717) is 17.5 Å². The van der Waals surface area contributed by atoms with Gasteiger partial charge in [0.05, 0.1) is 0 Å². The van der Waals surface area contributed by atoms with Gasteiger partial charge in [-0.2, -0.15) is 0 Å². The largest absolute Gasteiger partial charge is 0.455 e. The van der Waals surface area contributed by atoms with Gasteiger partial charge in [-0.05, 0) is 29.1 Å². The standard InChI is InChI=1S/C43H25N3OS/c1-3-13-26(14-4-1)28-20-11-21-31-34-25-35(29-17-7-8-18-30(29)40(34)47-39(28)31)43-45-41(27-15-5-2-6-16-27)44-42(46-43)33-22-12-24-37-38(33)32-19-9-10-23-36(32)48-37/h1-25H. The molecule has 0 aliphatic heterocycles. The zero-order valence-corrected chi connectivity index (χ0v) is 26.4. The van der Waals surface area contributed by atoms with Gasteiger partial charge in [0.15, 0.2) is 17.5 Å². The molecule has 10 rings (SSSR count). The van der Waals surface area contributed by atoms with Crippen LogP contribution in [0.4, 0.5) is 0 Å². The Labute approximate surface area is 279 Å². The molecule has 0 amide bonds. The van der Waals surface area contributed by atoms with Gasteiger partial charge in [0, 0.05) is 58.6 Å². The molecule has 5 heteroatoms. The molecule has 0 atom stereocenters. The molecule has 7 aromatic carbocycles. The number of benzene rings is 7. The first kappa shape index (κ1) is 27.0. The summed E-state index contributed by atoms with van der Waals surface area (Å²) in [5.41, 5.74) is 6.80. The summed E-state index contributed by atoms with van der Waals surface area (Å²) >= 11 is 1.79. The quantitative estimate of drug-likeness (QED) is 0.194. The predicted molar refractivity (Wildman–Crippen MR) is 199 cm³/mol. The predicted octanol–water partition coefficient (Wildman–Crippen LogP) is 12.0. The normalized spacial score (nSPS) is 11.8. The van der Waals surface area contributed by atoms with Gasteiger partial charge in [0.25, 0.3) is 0 Å². The number of hydrogen-bond donors (Lipinski definition) is 0. The van der Waals surface area contributed by atoms with E-state index in [-0.39, 0.29) is 0 Å². The number of furan rings is 1. The molecule has 48 heavy (non-hydrogen) atoms. The van der Waals surface area contributed by atoms with Crippen molar-refractivity contribution >= 4 is 64.2 Å². The third kappa shape index (κ3) is 4.18. The Balaban J connectivity index is 1.28. The van der Waals surface area contributed by atoms with Crippen molar-refractivity contribution in [3.05, 3.63) is 152 Å². The lowest BCUT2D eigenvalue weighted by Gasteiger charge is -2.11. The van der Waals surface area contributed by atoms with Gasteiger partial charge in [0.1, 0.15) is 11.2 Å². The van der Waals surface area contributed by atoms with Crippen LogP contribution in [-0.2, 0) is 0 Å². The van der Waals surface area contributed by atoms with Crippen molar-refractivity contribution in [3.8, 4) is 45.3 Å². The molecule has 0 bridgehead atoms. The van der Waals surface area contributed by atoms with Gasteiger partial charge in [-0.3, -0.25) is 0 Å². The summed E-state index contributed by atoms with van der Waals surface area (Å²) in [7, 11) is 0. The van der Waals surface area contributed by atoms with Gasteiger partial charge >= 0.3 is 0 Å². The van der Waals surface area contributed by atoms with Crippen LogP contribution in [0.25, 0.3) is 98.2 Å². The lowest BCUT2D eigenvalue weighted by molar-refractivity contribution is 0.674. The van der Waals surface area contributed by atoms with Gasteiger partial charge < -0.3 is 4.42 Å². The van der Waals surface area contributed by atoms with E-state index in [1.165, 1.54) is 20.2 Å². The summed E-state index contributed by atoms with van der Waals surface area (Å²) in [4.78, 5) is 15.6. The highest BCUT2D eigenvalue weighted by atomic mass is 32.1. The Kier molecular flexibility index (Phi) is 6.01. The average molecular weight is 632 g/mol. The highest BCUT2D eigenvalue weighted by Crippen LogP contribution is 2.43. The van der Waals surface area contributed by atoms with E-state index in [1.807, 2.05) is 24.3 Å². The maximum absolute atomic E-state index is 6.76. The summed E-state index contributed by atoms with van der Waals surface area (Å²) in [6, 6.07) is 52.5. The summed E-state index contributed by atoms with van der Waals surface area (Å²) in [6.45, 7) is 0. The average Bonchev–Trinajstić information content (AvgIpc) is 3.74. The second kappa shape index (κ2) is 10.7. The number of nitrogens with zero attached hydrogens (tertiary/aromatic N) is 3. The molecule has 0 saturated carbocycles. The fourth-order valence-corrected chi connectivity index (χ4v) is 8.08. The van der Waals surface area contributed by atoms with E-state index in [9.17, 15) is 0 Å². The monoisotopic (exact) mass is 631 g/mol. The molecule has 0 radical (unpaired) electrons. The van der Waals surface area contributed by atoms with Gasteiger partial charge in [-0.15, -0.1) is 11.3 Å². The molecule has 10 aromatic rings. The van der Waals surface area contributed by atoms with Crippen molar-refractivity contribution in [3.63, 3.8) is 0 Å². The van der Waals surface area contributed by atoms with E-state index in [0.717, 1.165) is 60.5 Å². The maximum atomic E-state index is 6.76. The minimum atomic E-state index is 0.627. The Hall–Kier alpha value is -6.17. The van der Waals surface area contributed by atoms with Gasteiger partial charge in [-0.25, -0.2) is 15.0 Å². The maximum Gasteiger partial charge on any atom is 0.164 e. The molecule has 0 unspecified atom stereocenters.